The topological polar surface area (TPSA) is 126 Å². The van der Waals surface area contributed by atoms with Gasteiger partial charge in [-0.3, -0.25) is 9.59 Å². The van der Waals surface area contributed by atoms with Crippen molar-refractivity contribution in [1.82, 2.24) is 0 Å². The second-order valence-corrected chi connectivity index (χ2v) is 7.69. The van der Waals surface area contributed by atoms with Crippen molar-refractivity contribution in [3.8, 4) is 0 Å². The minimum atomic E-state index is -1.57. The fourth-order valence-electron chi connectivity index (χ4n) is 5.37. The molecule has 2 aliphatic carbocycles. The van der Waals surface area contributed by atoms with Crippen molar-refractivity contribution in [3.63, 3.8) is 0 Å². The van der Waals surface area contributed by atoms with Crippen molar-refractivity contribution in [2.45, 2.75) is 56.9 Å². The summed E-state index contributed by atoms with van der Waals surface area (Å²) in [6, 6.07) is 0. The first-order valence-corrected chi connectivity index (χ1v) is 8.33. The molecular formula is C17H22O8. The Morgan fingerprint density at radius 2 is 2.08 bits per heavy atom. The van der Waals surface area contributed by atoms with Gasteiger partial charge in [0.05, 0.1) is 30.1 Å². The molecule has 3 fully saturated rings. The molecule has 2 saturated heterocycles. The monoisotopic (exact) mass is 354 g/mol. The summed E-state index contributed by atoms with van der Waals surface area (Å²) in [7, 11) is 0. The number of carbonyl (C=O) groups is 2. The molecule has 0 aromatic rings. The van der Waals surface area contributed by atoms with Gasteiger partial charge in [0.15, 0.2) is 5.78 Å². The lowest BCUT2D eigenvalue weighted by Crippen LogP contribution is -2.72. The highest BCUT2D eigenvalue weighted by Gasteiger charge is 2.87. The molecule has 0 aromatic heterocycles. The van der Waals surface area contributed by atoms with Crippen LogP contribution < -0.4 is 0 Å². The highest BCUT2D eigenvalue weighted by atomic mass is 16.7. The molecule has 0 aromatic carbocycles. The zero-order chi connectivity index (χ0) is 18.4. The first-order chi connectivity index (χ1) is 11.7. The Morgan fingerprint density at radius 1 is 1.44 bits per heavy atom. The van der Waals surface area contributed by atoms with Crippen LogP contribution in [0, 0.1) is 10.8 Å². The summed E-state index contributed by atoms with van der Waals surface area (Å²) in [6.45, 7) is 4.11. The van der Waals surface area contributed by atoms with E-state index in [2.05, 4.69) is 0 Å². The molecule has 25 heavy (non-hydrogen) atoms. The molecule has 4 aliphatic rings. The highest BCUT2D eigenvalue weighted by Crippen LogP contribution is 2.71. The average molecular weight is 354 g/mol. The summed E-state index contributed by atoms with van der Waals surface area (Å²) in [5, 5.41) is 32.0. The van der Waals surface area contributed by atoms with E-state index < -0.39 is 65.3 Å². The minimum absolute atomic E-state index is 0.223. The van der Waals surface area contributed by atoms with Gasteiger partial charge in [0.2, 0.25) is 0 Å². The average Bonchev–Trinajstić information content (AvgIpc) is 3.33. The fraction of sp³-hybridized carbons (Fsp3) is 0.765. The number of aliphatic hydroxyl groups excluding tert-OH is 3. The molecule has 8 atom stereocenters. The van der Waals surface area contributed by atoms with E-state index in [4.69, 9.17) is 14.2 Å². The number of epoxide rings is 1. The van der Waals surface area contributed by atoms with Gasteiger partial charge in [0.1, 0.15) is 30.0 Å². The van der Waals surface area contributed by atoms with Crippen molar-refractivity contribution in [3.05, 3.63) is 11.6 Å². The first kappa shape index (κ1) is 17.1. The van der Waals surface area contributed by atoms with Crippen molar-refractivity contribution in [1.29, 1.82) is 0 Å². The second-order valence-electron chi connectivity index (χ2n) is 7.69. The van der Waals surface area contributed by atoms with Crippen LogP contribution in [-0.4, -0.2) is 76.4 Å². The Morgan fingerprint density at radius 3 is 2.60 bits per heavy atom. The number of aliphatic hydroxyl groups is 3. The fourth-order valence-corrected chi connectivity index (χ4v) is 5.37. The number of ether oxygens (including phenoxy) is 3. The van der Waals surface area contributed by atoms with Crippen molar-refractivity contribution < 1.29 is 39.1 Å². The molecule has 1 saturated carbocycles. The molecule has 8 heteroatoms. The molecule has 138 valence electrons. The first-order valence-electron chi connectivity index (χ1n) is 8.33. The third-order valence-electron chi connectivity index (χ3n) is 6.83. The number of rotatable bonds is 2. The summed E-state index contributed by atoms with van der Waals surface area (Å²) in [5.41, 5.74) is -3.39. The predicted molar refractivity (Wildman–Crippen MR) is 81.3 cm³/mol. The van der Waals surface area contributed by atoms with E-state index in [1.54, 1.807) is 19.9 Å². The molecule has 8 nitrogen and oxygen atoms in total. The van der Waals surface area contributed by atoms with Crippen molar-refractivity contribution in [2.75, 3.05) is 13.2 Å². The number of hydrogen-bond donors (Lipinski definition) is 3. The molecule has 1 spiro atoms. The standard InChI is InChI=1S/C17H22O8/c1-7-4-9-16(5-18,12(22)10(7)20)15(3)13(24-8(2)19)11(21)14(25-9)17(15)6-23-17/h4,9,11-14,18,21-22H,5-6H2,1-3H3/t9-,11-,12-,13-,14-,15-,16-,17+/m1/s1. The smallest absolute Gasteiger partial charge is 0.303 e. The Kier molecular flexibility index (Phi) is 3.35. The van der Waals surface area contributed by atoms with Gasteiger partial charge in [-0.2, -0.15) is 0 Å². The van der Waals surface area contributed by atoms with Gasteiger partial charge in [-0.15, -0.1) is 0 Å². The summed E-state index contributed by atoms with van der Waals surface area (Å²) in [5.74, 6) is -1.13. The van der Waals surface area contributed by atoms with Crippen LogP contribution in [0.15, 0.2) is 11.6 Å². The van der Waals surface area contributed by atoms with Gasteiger partial charge < -0.3 is 29.5 Å². The van der Waals surface area contributed by atoms with Gasteiger partial charge in [0, 0.05) is 6.92 Å². The maximum atomic E-state index is 12.5. The quantitative estimate of drug-likeness (QED) is 0.413. The van der Waals surface area contributed by atoms with E-state index in [9.17, 15) is 24.9 Å². The van der Waals surface area contributed by atoms with E-state index in [-0.39, 0.29) is 6.61 Å². The molecule has 3 N–H and O–H groups in total. The molecule has 4 rings (SSSR count). The van der Waals surface area contributed by atoms with Gasteiger partial charge >= 0.3 is 5.97 Å². The minimum Gasteiger partial charge on any atom is -0.459 e. The third-order valence-corrected chi connectivity index (χ3v) is 6.83. The summed E-state index contributed by atoms with van der Waals surface area (Å²) in [4.78, 5) is 24.1. The Bertz CT molecular complexity index is 682. The van der Waals surface area contributed by atoms with Crippen LogP contribution in [0.1, 0.15) is 20.8 Å². The van der Waals surface area contributed by atoms with Gasteiger partial charge in [-0.25, -0.2) is 0 Å². The lowest BCUT2D eigenvalue weighted by molar-refractivity contribution is -0.255. The van der Waals surface area contributed by atoms with E-state index >= 15 is 0 Å². The zero-order valence-electron chi connectivity index (χ0n) is 14.3. The van der Waals surface area contributed by atoms with Crippen LogP contribution >= 0.6 is 0 Å². The molecule has 0 unspecified atom stereocenters. The molecule has 0 amide bonds. The predicted octanol–water partition coefficient (Wildman–Crippen LogP) is -1.30. The van der Waals surface area contributed by atoms with Crippen LogP contribution in [0.25, 0.3) is 0 Å². The summed E-state index contributed by atoms with van der Waals surface area (Å²) in [6.07, 6.45) is -3.87. The van der Waals surface area contributed by atoms with E-state index in [0.717, 1.165) is 0 Å². The summed E-state index contributed by atoms with van der Waals surface area (Å²) >= 11 is 0. The van der Waals surface area contributed by atoms with Crippen LogP contribution in [0.5, 0.6) is 0 Å². The molecule has 2 heterocycles. The molecule has 2 bridgehead atoms. The van der Waals surface area contributed by atoms with Crippen molar-refractivity contribution >= 4 is 11.8 Å². The van der Waals surface area contributed by atoms with Crippen LogP contribution in [-0.2, 0) is 23.8 Å². The largest absolute Gasteiger partial charge is 0.459 e. The van der Waals surface area contributed by atoms with Crippen molar-refractivity contribution in [2.24, 2.45) is 10.8 Å². The zero-order valence-corrected chi connectivity index (χ0v) is 14.3. The SMILES string of the molecule is CC(=O)O[C@@H]1[C@@H](O)[C@H]2O[C@@H]3C=C(C)C(=O)[C@@H](O)[C@]3(CO)[C@]1(C)[C@]21CO1. The lowest BCUT2D eigenvalue weighted by Gasteiger charge is -2.58. The number of esters is 1. The molecular weight excluding hydrogens is 332 g/mol. The normalized spacial score (nSPS) is 53.4. The molecule has 0 radical (unpaired) electrons. The second kappa shape index (κ2) is 4.89. The van der Waals surface area contributed by atoms with Gasteiger partial charge in [-0.05, 0) is 18.6 Å². The van der Waals surface area contributed by atoms with Crippen LogP contribution in [0.3, 0.4) is 0 Å². The number of carbonyl (C=O) groups excluding carboxylic acids is 2. The number of fused-ring (bicyclic) bond motifs is 2. The lowest BCUT2D eigenvalue weighted by atomic mass is 9.50. The number of ketones is 1. The van der Waals surface area contributed by atoms with E-state index in [1.807, 2.05) is 0 Å². The summed E-state index contributed by atoms with van der Waals surface area (Å²) < 4.78 is 17.1. The maximum Gasteiger partial charge on any atom is 0.303 e. The Balaban J connectivity index is 1.96. The third kappa shape index (κ3) is 1.65. The van der Waals surface area contributed by atoms with Gasteiger partial charge in [0.25, 0.3) is 0 Å². The van der Waals surface area contributed by atoms with Crippen LogP contribution in [0.2, 0.25) is 0 Å². The molecule has 2 aliphatic heterocycles. The van der Waals surface area contributed by atoms with E-state index in [1.165, 1.54) is 6.92 Å². The number of hydrogen-bond acceptors (Lipinski definition) is 8. The van der Waals surface area contributed by atoms with E-state index in [0.29, 0.717) is 5.57 Å². The van der Waals surface area contributed by atoms with Crippen LogP contribution in [0.4, 0.5) is 0 Å². The maximum absolute atomic E-state index is 12.5. The van der Waals surface area contributed by atoms with Gasteiger partial charge in [-0.1, -0.05) is 6.92 Å². The number of Topliss-reactive ketones (excluding diaryl/α,β-unsaturated/α-hetero) is 1. The Labute approximate surface area is 144 Å². The highest BCUT2D eigenvalue weighted by molar-refractivity contribution is 6.00. The Hall–Kier alpha value is -1.32.